The van der Waals surface area contributed by atoms with Crippen molar-refractivity contribution in [3.05, 3.63) is 28.5 Å². The van der Waals surface area contributed by atoms with E-state index in [0.29, 0.717) is 10.6 Å². The van der Waals surface area contributed by atoms with E-state index in [-0.39, 0.29) is 5.75 Å². The van der Waals surface area contributed by atoms with Crippen LogP contribution in [0.2, 0.25) is 0 Å². The van der Waals surface area contributed by atoms with Gasteiger partial charge < -0.3 is 5.11 Å². The van der Waals surface area contributed by atoms with Crippen LogP contribution in [0.4, 0.5) is 0 Å². The van der Waals surface area contributed by atoms with Gasteiger partial charge in [0.2, 0.25) is 4.77 Å². The molecule has 14 heavy (non-hydrogen) atoms. The number of aromatic amines is 2. The number of rotatable bonds is 1. The third-order valence-corrected chi connectivity index (χ3v) is 2.16. The Kier molecular flexibility index (Phi) is 2.09. The highest BCUT2D eigenvalue weighted by atomic mass is 32.1. The fraction of sp³-hybridized carbons (Fsp3) is 0.111. The number of aryl methyl sites for hydroxylation is 1. The number of hydrogen-bond acceptors (Lipinski definition) is 3. The fourth-order valence-corrected chi connectivity index (χ4v) is 1.45. The highest BCUT2D eigenvalue weighted by Crippen LogP contribution is 2.22. The summed E-state index contributed by atoms with van der Waals surface area (Å²) in [5.41, 5.74) is 1.87. The SMILES string of the molecule is Cc1cc(O)ccc1-c1nc(=S)[nH][nH]1. The van der Waals surface area contributed by atoms with Crippen molar-refractivity contribution in [3.63, 3.8) is 0 Å². The largest absolute Gasteiger partial charge is 0.508 e. The van der Waals surface area contributed by atoms with E-state index in [4.69, 9.17) is 12.2 Å². The molecular weight excluding hydrogens is 198 g/mol. The number of phenols is 1. The summed E-state index contributed by atoms with van der Waals surface area (Å²) in [6.07, 6.45) is 0. The van der Waals surface area contributed by atoms with Gasteiger partial charge >= 0.3 is 0 Å². The zero-order valence-electron chi connectivity index (χ0n) is 7.53. The number of phenolic OH excluding ortho intramolecular Hbond substituents is 1. The third-order valence-electron chi connectivity index (χ3n) is 1.97. The molecule has 1 heterocycles. The molecule has 0 aliphatic rings. The summed E-state index contributed by atoms with van der Waals surface area (Å²) in [4.78, 5) is 4.09. The quantitative estimate of drug-likeness (QED) is 0.628. The molecule has 1 aromatic heterocycles. The van der Waals surface area contributed by atoms with Gasteiger partial charge in [0.15, 0.2) is 5.82 Å². The Morgan fingerprint density at radius 1 is 1.36 bits per heavy atom. The number of nitrogens with zero attached hydrogens (tertiary/aromatic N) is 1. The Labute approximate surface area is 85.6 Å². The van der Waals surface area contributed by atoms with Crippen molar-refractivity contribution in [2.45, 2.75) is 6.92 Å². The molecule has 0 saturated carbocycles. The van der Waals surface area contributed by atoms with Crippen LogP contribution in [0, 0.1) is 11.7 Å². The highest BCUT2D eigenvalue weighted by Gasteiger charge is 2.04. The molecule has 4 nitrogen and oxygen atoms in total. The van der Waals surface area contributed by atoms with E-state index in [9.17, 15) is 5.11 Å². The van der Waals surface area contributed by atoms with Crippen molar-refractivity contribution < 1.29 is 5.11 Å². The number of hydrogen-bond donors (Lipinski definition) is 3. The van der Waals surface area contributed by atoms with E-state index < -0.39 is 0 Å². The third kappa shape index (κ3) is 1.54. The molecule has 0 spiro atoms. The van der Waals surface area contributed by atoms with E-state index >= 15 is 0 Å². The van der Waals surface area contributed by atoms with Crippen molar-refractivity contribution in [2.75, 3.05) is 0 Å². The lowest BCUT2D eigenvalue weighted by atomic mass is 10.1. The number of aromatic nitrogens is 3. The zero-order valence-corrected chi connectivity index (χ0v) is 8.35. The van der Waals surface area contributed by atoms with E-state index in [1.807, 2.05) is 6.92 Å². The predicted octanol–water partition coefficient (Wildman–Crippen LogP) is 2.15. The van der Waals surface area contributed by atoms with Crippen molar-refractivity contribution >= 4 is 12.2 Å². The van der Waals surface area contributed by atoms with Gasteiger partial charge in [-0.15, -0.1) is 0 Å². The van der Waals surface area contributed by atoms with Crippen LogP contribution >= 0.6 is 12.2 Å². The molecule has 0 fully saturated rings. The minimum absolute atomic E-state index is 0.250. The van der Waals surface area contributed by atoms with E-state index in [0.717, 1.165) is 11.1 Å². The molecule has 0 aliphatic heterocycles. The van der Waals surface area contributed by atoms with E-state index in [1.54, 1.807) is 18.2 Å². The second kappa shape index (κ2) is 3.26. The minimum atomic E-state index is 0.250. The maximum atomic E-state index is 9.23. The lowest BCUT2D eigenvalue weighted by Gasteiger charge is -2.01. The molecule has 1 aromatic carbocycles. The van der Waals surface area contributed by atoms with Crippen LogP contribution in [0.3, 0.4) is 0 Å². The predicted molar refractivity (Wildman–Crippen MR) is 55.6 cm³/mol. The molecule has 0 atom stereocenters. The average Bonchev–Trinajstić information content (AvgIpc) is 2.51. The Bertz CT molecular complexity index is 515. The first kappa shape index (κ1) is 8.96. The van der Waals surface area contributed by atoms with Crippen molar-refractivity contribution in [2.24, 2.45) is 0 Å². The monoisotopic (exact) mass is 207 g/mol. The molecule has 0 bridgehead atoms. The second-order valence-electron chi connectivity index (χ2n) is 3.01. The first-order valence-corrected chi connectivity index (χ1v) is 4.52. The molecular formula is C9H9N3OS. The van der Waals surface area contributed by atoms with E-state index in [1.165, 1.54) is 0 Å². The van der Waals surface area contributed by atoms with Gasteiger partial charge in [0.25, 0.3) is 0 Å². The summed E-state index contributed by atoms with van der Waals surface area (Å²) in [5.74, 6) is 0.938. The van der Waals surface area contributed by atoms with Gasteiger partial charge in [-0.05, 0) is 42.9 Å². The normalized spacial score (nSPS) is 10.4. The van der Waals surface area contributed by atoms with Gasteiger partial charge in [0.1, 0.15) is 5.75 Å². The molecule has 0 amide bonds. The highest BCUT2D eigenvalue weighted by molar-refractivity contribution is 7.71. The molecule has 0 saturated heterocycles. The smallest absolute Gasteiger partial charge is 0.213 e. The van der Waals surface area contributed by atoms with Crippen LogP contribution in [0.25, 0.3) is 11.4 Å². The molecule has 5 heteroatoms. The Morgan fingerprint density at radius 2 is 2.14 bits per heavy atom. The summed E-state index contributed by atoms with van der Waals surface area (Å²) >= 11 is 4.85. The van der Waals surface area contributed by atoms with Crippen LogP contribution in [-0.4, -0.2) is 20.3 Å². The summed E-state index contributed by atoms with van der Waals surface area (Å²) in [7, 11) is 0. The molecule has 0 unspecified atom stereocenters. The molecule has 72 valence electrons. The Morgan fingerprint density at radius 3 is 2.71 bits per heavy atom. The second-order valence-corrected chi connectivity index (χ2v) is 3.40. The first-order chi connectivity index (χ1) is 6.66. The maximum absolute atomic E-state index is 9.23. The topological polar surface area (TPSA) is 64.7 Å². The standard InChI is InChI=1S/C9H9N3OS/c1-5-4-6(13)2-3-7(5)8-10-9(14)12-11-8/h2-4,13H,1H3,(H2,10,11,12,14). The average molecular weight is 207 g/mol. The first-order valence-electron chi connectivity index (χ1n) is 4.11. The van der Waals surface area contributed by atoms with Crippen molar-refractivity contribution in [1.82, 2.24) is 15.2 Å². The number of benzene rings is 1. The lowest BCUT2D eigenvalue weighted by molar-refractivity contribution is 0.475. The van der Waals surface area contributed by atoms with Crippen LogP contribution in [-0.2, 0) is 0 Å². The molecule has 3 N–H and O–H groups in total. The molecule has 2 aromatic rings. The van der Waals surface area contributed by atoms with Crippen LogP contribution in [0.5, 0.6) is 5.75 Å². The summed E-state index contributed by atoms with van der Waals surface area (Å²) in [6.45, 7) is 1.90. The number of H-pyrrole nitrogens is 2. The molecule has 0 aliphatic carbocycles. The Hall–Kier alpha value is -1.62. The van der Waals surface area contributed by atoms with Gasteiger partial charge in [0, 0.05) is 5.56 Å². The number of aromatic hydroxyl groups is 1. The van der Waals surface area contributed by atoms with Crippen molar-refractivity contribution in [3.8, 4) is 17.1 Å². The van der Waals surface area contributed by atoms with Gasteiger partial charge in [-0.1, -0.05) is 0 Å². The summed E-state index contributed by atoms with van der Waals surface area (Å²) in [5, 5.41) is 14.8. The van der Waals surface area contributed by atoms with E-state index in [2.05, 4.69) is 15.2 Å². The van der Waals surface area contributed by atoms with Crippen LogP contribution in [0.15, 0.2) is 18.2 Å². The van der Waals surface area contributed by atoms with Crippen molar-refractivity contribution in [1.29, 1.82) is 0 Å². The molecule has 0 radical (unpaired) electrons. The number of nitrogens with one attached hydrogen (secondary N) is 2. The Balaban J connectivity index is 2.57. The summed E-state index contributed by atoms with van der Waals surface area (Å²) < 4.78 is 0.424. The zero-order chi connectivity index (χ0) is 10.1. The minimum Gasteiger partial charge on any atom is -0.508 e. The van der Waals surface area contributed by atoms with Gasteiger partial charge in [-0.2, -0.15) is 4.98 Å². The lowest BCUT2D eigenvalue weighted by Crippen LogP contribution is -1.85. The fourth-order valence-electron chi connectivity index (χ4n) is 1.31. The maximum Gasteiger partial charge on any atom is 0.213 e. The van der Waals surface area contributed by atoms with Crippen LogP contribution in [0.1, 0.15) is 5.56 Å². The molecule has 2 rings (SSSR count). The van der Waals surface area contributed by atoms with Gasteiger partial charge in [0.05, 0.1) is 0 Å². The van der Waals surface area contributed by atoms with Gasteiger partial charge in [-0.25, -0.2) is 0 Å². The van der Waals surface area contributed by atoms with Gasteiger partial charge in [-0.3, -0.25) is 10.2 Å². The summed E-state index contributed by atoms with van der Waals surface area (Å²) in [6, 6.07) is 5.10. The van der Waals surface area contributed by atoms with Crippen LogP contribution < -0.4 is 0 Å².